The summed E-state index contributed by atoms with van der Waals surface area (Å²) < 4.78 is 34.0. The molecule has 0 bridgehead atoms. The van der Waals surface area contributed by atoms with Gasteiger partial charge in [-0.25, -0.2) is 8.78 Å². The summed E-state index contributed by atoms with van der Waals surface area (Å²) in [4.78, 5) is 27.7. The zero-order valence-corrected chi connectivity index (χ0v) is 16.3. The maximum absolute atomic E-state index is 14.6. The van der Waals surface area contributed by atoms with E-state index in [0.717, 1.165) is 29.8 Å². The van der Waals surface area contributed by atoms with E-state index < -0.39 is 34.6 Å². The number of fused-ring (bicyclic) bond motifs is 2. The highest BCUT2D eigenvalue weighted by Crippen LogP contribution is 2.49. The van der Waals surface area contributed by atoms with Crippen LogP contribution < -0.4 is 10.1 Å². The minimum absolute atomic E-state index is 0.00338. The highest BCUT2D eigenvalue weighted by molar-refractivity contribution is 6.08. The SMILES string of the molecule is CCC[C@@H]1N(C(=O)c2c(F)cc(OC)cc2F)CC[C@]12C(=O)Nc1ccccc12. The molecule has 0 aromatic heterocycles. The Morgan fingerprint density at radius 1 is 1.28 bits per heavy atom. The highest BCUT2D eigenvalue weighted by Gasteiger charge is 2.58. The van der Waals surface area contributed by atoms with Gasteiger partial charge < -0.3 is 15.0 Å². The van der Waals surface area contributed by atoms with E-state index in [1.54, 1.807) is 0 Å². The van der Waals surface area contributed by atoms with Gasteiger partial charge in [0, 0.05) is 24.4 Å². The molecule has 2 amide bonds. The monoisotopic (exact) mass is 400 g/mol. The Morgan fingerprint density at radius 2 is 1.97 bits per heavy atom. The number of rotatable bonds is 4. The average Bonchev–Trinajstić information content (AvgIpc) is 3.21. The number of carbonyl (C=O) groups is 2. The van der Waals surface area contributed by atoms with Gasteiger partial charge in [0.1, 0.15) is 22.9 Å². The van der Waals surface area contributed by atoms with E-state index in [9.17, 15) is 18.4 Å². The molecular formula is C22H22F2N2O3. The topological polar surface area (TPSA) is 58.6 Å². The second-order valence-electron chi connectivity index (χ2n) is 7.49. The van der Waals surface area contributed by atoms with Gasteiger partial charge in [-0.2, -0.15) is 0 Å². The Balaban J connectivity index is 1.77. The maximum atomic E-state index is 14.6. The number of amides is 2. The van der Waals surface area contributed by atoms with E-state index in [4.69, 9.17) is 4.74 Å². The van der Waals surface area contributed by atoms with Crippen LogP contribution >= 0.6 is 0 Å². The Kier molecular flexibility index (Phi) is 4.76. The number of nitrogens with one attached hydrogen (secondary N) is 1. The molecule has 5 nitrogen and oxygen atoms in total. The molecule has 152 valence electrons. The number of nitrogens with zero attached hydrogens (tertiary/aromatic N) is 1. The van der Waals surface area contributed by atoms with E-state index in [1.165, 1.54) is 12.0 Å². The minimum atomic E-state index is -0.973. The van der Waals surface area contributed by atoms with Crippen molar-refractivity contribution in [1.29, 1.82) is 0 Å². The summed E-state index contributed by atoms with van der Waals surface area (Å²) in [7, 11) is 1.30. The highest BCUT2D eigenvalue weighted by atomic mass is 19.1. The first-order chi connectivity index (χ1) is 13.9. The first-order valence-corrected chi connectivity index (χ1v) is 9.69. The van der Waals surface area contributed by atoms with E-state index >= 15 is 0 Å². The smallest absolute Gasteiger partial charge is 0.260 e. The zero-order chi connectivity index (χ0) is 20.8. The first-order valence-electron chi connectivity index (χ1n) is 9.69. The molecule has 7 heteroatoms. The molecule has 2 aromatic carbocycles. The van der Waals surface area contributed by atoms with Crippen LogP contribution in [0.2, 0.25) is 0 Å². The molecule has 0 radical (unpaired) electrons. The number of halogens is 2. The molecule has 2 atom stereocenters. The molecule has 2 heterocycles. The van der Waals surface area contributed by atoms with Gasteiger partial charge in [0.05, 0.1) is 18.6 Å². The lowest BCUT2D eigenvalue weighted by Crippen LogP contribution is -2.49. The van der Waals surface area contributed by atoms with Crippen LogP contribution in [0.4, 0.5) is 14.5 Å². The number of benzene rings is 2. The van der Waals surface area contributed by atoms with Gasteiger partial charge in [0.25, 0.3) is 5.91 Å². The van der Waals surface area contributed by atoms with Crippen molar-refractivity contribution in [3.8, 4) is 5.75 Å². The van der Waals surface area contributed by atoms with Crippen molar-refractivity contribution in [2.75, 3.05) is 19.0 Å². The molecule has 1 spiro atoms. The predicted octanol–water partition coefficient (Wildman–Crippen LogP) is 3.88. The molecular weight excluding hydrogens is 378 g/mol. The summed E-state index contributed by atoms with van der Waals surface area (Å²) in [6.45, 7) is 2.21. The summed E-state index contributed by atoms with van der Waals surface area (Å²) in [6, 6.07) is 8.92. The quantitative estimate of drug-likeness (QED) is 0.848. The van der Waals surface area contributed by atoms with Crippen molar-refractivity contribution in [2.45, 2.75) is 37.6 Å². The molecule has 1 N–H and O–H groups in total. The summed E-state index contributed by atoms with van der Waals surface area (Å²) in [6.07, 6.45) is 1.68. The average molecular weight is 400 g/mol. The second-order valence-corrected chi connectivity index (χ2v) is 7.49. The lowest BCUT2D eigenvalue weighted by atomic mass is 9.73. The largest absolute Gasteiger partial charge is 0.497 e. The van der Waals surface area contributed by atoms with Crippen molar-refractivity contribution >= 4 is 17.5 Å². The van der Waals surface area contributed by atoms with Crippen molar-refractivity contribution < 1.29 is 23.1 Å². The second kappa shape index (κ2) is 7.13. The molecule has 1 saturated heterocycles. The molecule has 1 fully saturated rings. The lowest BCUT2D eigenvalue weighted by Gasteiger charge is -2.34. The predicted molar refractivity (Wildman–Crippen MR) is 104 cm³/mol. The normalized spacial score (nSPS) is 22.7. The van der Waals surface area contributed by atoms with Crippen molar-refractivity contribution in [3.63, 3.8) is 0 Å². The van der Waals surface area contributed by atoms with Crippen LogP contribution in [0.1, 0.15) is 42.1 Å². The van der Waals surface area contributed by atoms with Crippen LogP contribution in [0.25, 0.3) is 0 Å². The van der Waals surface area contributed by atoms with Crippen LogP contribution in [-0.4, -0.2) is 36.4 Å². The zero-order valence-electron chi connectivity index (χ0n) is 16.3. The van der Waals surface area contributed by atoms with E-state index in [-0.39, 0.29) is 18.2 Å². The number of likely N-dealkylation sites (tertiary alicyclic amines) is 1. The number of methoxy groups -OCH3 is 1. The number of hydrogen-bond donors (Lipinski definition) is 1. The summed E-state index contributed by atoms with van der Waals surface area (Å²) in [5, 5.41) is 2.91. The number of para-hydroxylation sites is 1. The van der Waals surface area contributed by atoms with Gasteiger partial charge in [0.2, 0.25) is 5.91 Å². The summed E-state index contributed by atoms with van der Waals surface area (Å²) in [5.41, 5.74) is 0.0570. The number of anilines is 1. The number of carbonyl (C=O) groups excluding carboxylic acids is 2. The molecule has 0 aliphatic carbocycles. The lowest BCUT2D eigenvalue weighted by molar-refractivity contribution is -0.121. The summed E-state index contributed by atoms with van der Waals surface area (Å²) >= 11 is 0. The minimum Gasteiger partial charge on any atom is -0.497 e. The third-order valence-corrected chi connectivity index (χ3v) is 6.04. The summed E-state index contributed by atoms with van der Waals surface area (Å²) in [5.74, 6) is -2.85. The number of ether oxygens (including phenoxy) is 1. The molecule has 2 aromatic rings. The standard InChI is InChI=1S/C22H22F2N2O3/c1-3-6-18-22(14-7-4-5-8-17(14)25-21(22)28)9-10-26(18)20(27)19-15(23)11-13(29-2)12-16(19)24/h4-5,7-8,11-12,18H,3,6,9-10H2,1-2H3,(H,25,28)/t18-,22+/m0/s1. The van der Waals surface area contributed by atoms with Crippen LogP contribution in [0.15, 0.2) is 36.4 Å². The van der Waals surface area contributed by atoms with Gasteiger partial charge >= 0.3 is 0 Å². The van der Waals surface area contributed by atoms with Crippen LogP contribution in [-0.2, 0) is 10.2 Å². The fraction of sp³-hybridized carbons (Fsp3) is 0.364. The maximum Gasteiger partial charge on any atom is 0.260 e. The van der Waals surface area contributed by atoms with Crippen molar-refractivity contribution in [2.24, 2.45) is 0 Å². The molecule has 4 rings (SSSR count). The fourth-order valence-electron chi connectivity index (χ4n) is 4.74. The van der Waals surface area contributed by atoms with Crippen LogP contribution in [0, 0.1) is 11.6 Å². The molecule has 2 aliphatic rings. The van der Waals surface area contributed by atoms with Gasteiger partial charge in [-0.3, -0.25) is 9.59 Å². The van der Waals surface area contributed by atoms with Crippen LogP contribution in [0.5, 0.6) is 5.75 Å². The van der Waals surface area contributed by atoms with E-state index in [1.807, 2.05) is 31.2 Å². The van der Waals surface area contributed by atoms with Crippen molar-refractivity contribution in [3.05, 3.63) is 59.2 Å². The molecule has 0 unspecified atom stereocenters. The Morgan fingerprint density at radius 3 is 2.62 bits per heavy atom. The Bertz CT molecular complexity index is 971. The van der Waals surface area contributed by atoms with Gasteiger partial charge in [0.15, 0.2) is 0 Å². The van der Waals surface area contributed by atoms with Crippen LogP contribution in [0.3, 0.4) is 0 Å². The molecule has 2 aliphatic heterocycles. The van der Waals surface area contributed by atoms with Gasteiger partial charge in [-0.15, -0.1) is 0 Å². The molecule has 0 saturated carbocycles. The van der Waals surface area contributed by atoms with Gasteiger partial charge in [-0.1, -0.05) is 31.5 Å². The third kappa shape index (κ3) is 2.79. The van der Waals surface area contributed by atoms with E-state index in [2.05, 4.69) is 5.32 Å². The Hall–Kier alpha value is -2.96. The van der Waals surface area contributed by atoms with E-state index in [0.29, 0.717) is 12.8 Å². The fourth-order valence-corrected chi connectivity index (χ4v) is 4.74. The van der Waals surface area contributed by atoms with Crippen molar-refractivity contribution in [1.82, 2.24) is 4.90 Å². The Labute approximate surface area is 167 Å². The van der Waals surface area contributed by atoms with Gasteiger partial charge in [-0.05, 0) is 24.5 Å². The molecule has 29 heavy (non-hydrogen) atoms. The number of hydrogen-bond acceptors (Lipinski definition) is 3. The first kappa shape index (κ1) is 19.4. The third-order valence-electron chi connectivity index (χ3n) is 6.04.